The SMILES string of the molecule is CC(C)CN1C[C@H](C(=O)N2CC(c3ccncc3)C2)CC1=O. The Morgan fingerprint density at radius 1 is 1.27 bits per heavy atom. The molecule has 1 aromatic heterocycles. The molecule has 5 nitrogen and oxygen atoms in total. The molecule has 1 atom stereocenters. The summed E-state index contributed by atoms with van der Waals surface area (Å²) in [5.41, 5.74) is 1.24. The number of aromatic nitrogens is 1. The van der Waals surface area contributed by atoms with Gasteiger partial charge in [-0.05, 0) is 23.6 Å². The van der Waals surface area contributed by atoms with E-state index in [0.29, 0.717) is 24.8 Å². The van der Waals surface area contributed by atoms with Crippen LogP contribution in [-0.4, -0.2) is 52.8 Å². The summed E-state index contributed by atoms with van der Waals surface area (Å²) >= 11 is 0. The summed E-state index contributed by atoms with van der Waals surface area (Å²) in [7, 11) is 0. The van der Waals surface area contributed by atoms with Crippen LogP contribution in [0.1, 0.15) is 31.7 Å². The number of pyridine rings is 1. The highest BCUT2D eigenvalue weighted by Gasteiger charge is 2.40. The van der Waals surface area contributed by atoms with Gasteiger partial charge in [0.1, 0.15) is 0 Å². The summed E-state index contributed by atoms with van der Waals surface area (Å²) in [6.07, 6.45) is 3.96. The fourth-order valence-corrected chi connectivity index (χ4v) is 3.32. The average Bonchev–Trinajstić information content (AvgIpc) is 2.79. The van der Waals surface area contributed by atoms with Crippen molar-refractivity contribution < 1.29 is 9.59 Å². The molecule has 118 valence electrons. The second-order valence-corrected chi connectivity index (χ2v) is 6.81. The number of likely N-dealkylation sites (tertiary alicyclic amines) is 2. The standard InChI is InChI=1S/C17H23N3O2/c1-12(2)8-19-9-14(7-16(19)21)17(22)20-10-15(11-20)13-3-5-18-6-4-13/h3-6,12,14-15H,7-11H2,1-2H3/t14-/m1/s1. The first kappa shape index (κ1) is 15.0. The average molecular weight is 301 g/mol. The van der Waals surface area contributed by atoms with E-state index in [4.69, 9.17) is 0 Å². The molecule has 0 radical (unpaired) electrons. The molecular formula is C17H23N3O2. The predicted octanol–water partition coefficient (Wildman–Crippen LogP) is 1.51. The van der Waals surface area contributed by atoms with Gasteiger partial charge in [-0.15, -0.1) is 0 Å². The molecule has 0 aromatic carbocycles. The van der Waals surface area contributed by atoms with Gasteiger partial charge in [-0.1, -0.05) is 13.8 Å². The van der Waals surface area contributed by atoms with Crippen molar-refractivity contribution in [2.45, 2.75) is 26.2 Å². The third-order valence-electron chi connectivity index (χ3n) is 4.52. The van der Waals surface area contributed by atoms with E-state index in [2.05, 4.69) is 18.8 Å². The quantitative estimate of drug-likeness (QED) is 0.847. The van der Waals surface area contributed by atoms with Gasteiger partial charge in [0, 0.05) is 50.9 Å². The minimum Gasteiger partial charge on any atom is -0.342 e. The van der Waals surface area contributed by atoms with Crippen LogP contribution in [0, 0.1) is 11.8 Å². The van der Waals surface area contributed by atoms with Gasteiger partial charge >= 0.3 is 0 Å². The van der Waals surface area contributed by atoms with Crippen molar-refractivity contribution in [1.29, 1.82) is 0 Å². The van der Waals surface area contributed by atoms with E-state index in [0.717, 1.165) is 19.6 Å². The molecule has 3 rings (SSSR count). The van der Waals surface area contributed by atoms with Crippen LogP contribution >= 0.6 is 0 Å². The molecule has 3 heterocycles. The molecule has 0 bridgehead atoms. The van der Waals surface area contributed by atoms with Crippen molar-refractivity contribution in [2.24, 2.45) is 11.8 Å². The molecule has 2 aliphatic rings. The Labute approximate surface area is 131 Å². The molecule has 2 saturated heterocycles. The maximum Gasteiger partial charge on any atom is 0.228 e. The minimum absolute atomic E-state index is 0.123. The van der Waals surface area contributed by atoms with Gasteiger partial charge in [0.2, 0.25) is 11.8 Å². The number of rotatable bonds is 4. The molecule has 0 N–H and O–H groups in total. The van der Waals surface area contributed by atoms with Gasteiger partial charge in [0.05, 0.1) is 5.92 Å². The van der Waals surface area contributed by atoms with Crippen LogP contribution in [0.15, 0.2) is 24.5 Å². The third kappa shape index (κ3) is 2.98. The molecule has 0 spiro atoms. The van der Waals surface area contributed by atoms with Crippen molar-refractivity contribution in [2.75, 3.05) is 26.2 Å². The Morgan fingerprint density at radius 3 is 2.59 bits per heavy atom. The zero-order valence-corrected chi connectivity index (χ0v) is 13.2. The number of amides is 2. The maximum absolute atomic E-state index is 12.5. The van der Waals surface area contributed by atoms with Gasteiger partial charge < -0.3 is 9.80 Å². The molecule has 1 aromatic rings. The Morgan fingerprint density at radius 2 is 1.95 bits per heavy atom. The van der Waals surface area contributed by atoms with Crippen molar-refractivity contribution in [3.63, 3.8) is 0 Å². The summed E-state index contributed by atoms with van der Waals surface area (Å²) in [5.74, 6) is 0.974. The fraction of sp³-hybridized carbons (Fsp3) is 0.588. The zero-order valence-electron chi connectivity index (χ0n) is 13.2. The maximum atomic E-state index is 12.5. The van der Waals surface area contributed by atoms with E-state index < -0.39 is 0 Å². The Bertz CT molecular complexity index is 552. The first-order valence-corrected chi connectivity index (χ1v) is 8.01. The number of carbonyl (C=O) groups excluding carboxylic acids is 2. The number of hydrogen-bond donors (Lipinski definition) is 0. The first-order chi connectivity index (χ1) is 10.5. The van der Waals surface area contributed by atoms with E-state index in [1.807, 2.05) is 21.9 Å². The van der Waals surface area contributed by atoms with E-state index in [-0.39, 0.29) is 17.7 Å². The molecule has 5 heteroatoms. The Kier molecular flexibility index (Phi) is 4.14. The lowest BCUT2D eigenvalue weighted by molar-refractivity contribution is -0.140. The van der Waals surface area contributed by atoms with Crippen LogP contribution in [0.5, 0.6) is 0 Å². The van der Waals surface area contributed by atoms with Crippen LogP contribution in [0.4, 0.5) is 0 Å². The molecule has 2 fully saturated rings. The molecule has 22 heavy (non-hydrogen) atoms. The van der Waals surface area contributed by atoms with Crippen molar-refractivity contribution in [3.05, 3.63) is 30.1 Å². The van der Waals surface area contributed by atoms with Crippen molar-refractivity contribution in [3.8, 4) is 0 Å². The summed E-state index contributed by atoms with van der Waals surface area (Å²) in [6, 6.07) is 4.02. The van der Waals surface area contributed by atoms with E-state index >= 15 is 0 Å². The molecule has 2 amide bonds. The van der Waals surface area contributed by atoms with Crippen LogP contribution in [-0.2, 0) is 9.59 Å². The first-order valence-electron chi connectivity index (χ1n) is 8.01. The van der Waals surface area contributed by atoms with Gasteiger partial charge in [0.15, 0.2) is 0 Å². The molecular weight excluding hydrogens is 278 g/mol. The second kappa shape index (κ2) is 6.07. The summed E-state index contributed by atoms with van der Waals surface area (Å²) in [4.78, 5) is 32.3. The Balaban J connectivity index is 1.53. The zero-order chi connectivity index (χ0) is 15.7. The van der Waals surface area contributed by atoms with Crippen LogP contribution in [0.3, 0.4) is 0 Å². The van der Waals surface area contributed by atoms with Crippen LogP contribution in [0.2, 0.25) is 0 Å². The summed E-state index contributed by atoms with van der Waals surface area (Å²) in [6.45, 7) is 7.05. The number of hydrogen-bond acceptors (Lipinski definition) is 3. The Hall–Kier alpha value is -1.91. The van der Waals surface area contributed by atoms with Crippen LogP contribution in [0.25, 0.3) is 0 Å². The van der Waals surface area contributed by atoms with Gasteiger partial charge in [-0.2, -0.15) is 0 Å². The number of nitrogens with zero attached hydrogens (tertiary/aromatic N) is 3. The minimum atomic E-state index is -0.148. The lowest BCUT2D eigenvalue weighted by Crippen LogP contribution is -2.51. The monoisotopic (exact) mass is 301 g/mol. The van der Waals surface area contributed by atoms with Crippen LogP contribution < -0.4 is 0 Å². The topological polar surface area (TPSA) is 53.5 Å². The van der Waals surface area contributed by atoms with E-state index in [1.165, 1.54) is 5.56 Å². The summed E-state index contributed by atoms with van der Waals surface area (Å²) < 4.78 is 0. The van der Waals surface area contributed by atoms with E-state index in [1.54, 1.807) is 12.4 Å². The highest BCUT2D eigenvalue weighted by atomic mass is 16.2. The highest BCUT2D eigenvalue weighted by molar-refractivity contribution is 5.89. The smallest absolute Gasteiger partial charge is 0.228 e. The number of carbonyl (C=O) groups is 2. The highest BCUT2D eigenvalue weighted by Crippen LogP contribution is 2.30. The molecule has 0 unspecified atom stereocenters. The molecule has 0 saturated carbocycles. The molecule has 2 aliphatic heterocycles. The van der Waals surface area contributed by atoms with Gasteiger partial charge in [-0.25, -0.2) is 0 Å². The van der Waals surface area contributed by atoms with Gasteiger partial charge in [-0.3, -0.25) is 14.6 Å². The largest absolute Gasteiger partial charge is 0.342 e. The lowest BCUT2D eigenvalue weighted by Gasteiger charge is -2.40. The normalized spacial score (nSPS) is 22.3. The predicted molar refractivity (Wildman–Crippen MR) is 83.1 cm³/mol. The second-order valence-electron chi connectivity index (χ2n) is 6.81. The fourth-order valence-electron chi connectivity index (χ4n) is 3.32. The molecule has 0 aliphatic carbocycles. The van der Waals surface area contributed by atoms with Crippen molar-refractivity contribution >= 4 is 11.8 Å². The lowest BCUT2D eigenvalue weighted by atomic mass is 9.90. The third-order valence-corrected chi connectivity index (χ3v) is 4.52. The van der Waals surface area contributed by atoms with Crippen molar-refractivity contribution in [1.82, 2.24) is 14.8 Å². The van der Waals surface area contributed by atoms with Gasteiger partial charge in [0.25, 0.3) is 0 Å². The van der Waals surface area contributed by atoms with E-state index in [9.17, 15) is 9.59 Å². The summed E-state index contributed by atoms with van der Waals surface area (Å²) in [5, 5.41) is 0.